The first-order chi connectivity index (χ1) is 16.7. The number of rotatable bonds is 10. The van der Waals surface area contributed by atoms with E-state index in [0.29, 0.717) is 19.4 Å². The Kier molecular flexibility index (Phi) is 7.86. The molecule has 3 rings (SSSR count). The zero-order valence-corrected chi connectivity index (χ0v) is 21.9. The quantitative estimate of drug-likeness (QED) is 0.334. The molecule has 1 aliphatic heterocycles. The van der Waals surface area contributed by atoms with Crippen molar-refractivity contribution in [3.05, 3.63) is 12.7 Å². The Morgan fingerprint density at radius 1 is 1.08 bits per heavy atom. The molecule has 0 spiro atoms. The zero-order valence-electron chi connectivity index (χ0n) is 21.9. The average molecular weight is 505 g/mol. The number of amides is 4. The zero-order chi connectivity index (χ0) is 27.0. The lowest BCUT2D eigenvalue weighted by Gasteiger charge is -2.36. The lowest BCUT2D eigenvalue weighted by molar-refractivity contribution is -0.146. The van der Waals surface area contributed by atoms with Crippen LogP contribution in [0.5, 0.6) is 0 Å². The van der Waals surface area contributed by atoms with Gasteiger partial charge in [0.2, 0.25) is 11.8 Å². The molecule has 10 heteroatoms. The van der Waals surface area contributed by atoms with E-state index in [1.165, 1.54) is 11.0 Å². The van der Waals surface area contributed by atoms with Crippen molar-refractivity contribution in [2.45, 2.75) is 90.4 Å². The Hall–Kier alpha value is -2.91. The van der Waals surface area contributed by atoms with Crippen LogP contribution in [0.25, 0.3) is 0 Å². The number of urea groups is 1. The number of carbonyl (C=O) groups excluding carboxylic acids is 4. The molecule has 0 bridgehead atoms. The lowest BCUT2D eigenvalue weighted by Crippen LogP contribution is -2.61. The number of nitrogens with one attached hydrogen (secondary N) is 3. The molecular formula is C26H40N4O6. The smallest absolute Gasteiger partial charge is 0.330 e. The first kappa shape index (κ1) is 27.7. The van der Waals surface area contributed by atoms with Gasteiger partial charge in [0.15, 0.2) is 5.78 Å². The minimum absolute atomic E-state index is 0.0112. The van der Waals surface area contributed by atoms with Gasteiger partial charge in [0, 0.05) is 18.4 Å². The second kappa shape index (κ2) is 10.2. The molecule has 4 amide bonds. The fourth-order valence-corrected chi connectivity index (χ4v) is 4.94. The van der Waals surface area contributed by atoms with E-state index in [1.807, 2.05) is 34.6 Å². The second-order valence-electron chi connectivity index (χ2n) is 11.8. The molecule has 1 saturated heterocycles. The van der Waals surface area contributed by atoms with Crippen molar-refractivity contribution in [1.82, 2.24) is 20.9 Å². The fraction of sp³-hybridized carbons (Fsp3) is 0.731. The van der Waals surface area contributed by atoms with Crippen molar-refractivity contribution in [2.24, 2.45) is 23.2 Å². The predicted molar refractivity (Wildman–Crippen MR) is 133 cm³/mol. The largest absolute Gasteiger partial charge is 0.479 e. The molecule has 200 valence electrons. The van der Waals surface area contributed by atoms with Crippen molar-refractivity contribution in [1.29, 1.82) is 0 Å². The van der Waals surface area contributed by atoms with E-state index in [0.717, 1.165) is 12.8 Å². The van der Waals surface area contributed by atoms with E-state index in [2.05, 4.69) is 22.5 Å². The molecule has 1 heterocycles. The van der Waals surface area contributed by atoms with Gasteiger partial charge in [-0.2, -0.15) is 0 Å². The predicted octanol–water partition coefficient (Wildman–Crippen LogP) is 1.84. The topological polar surface area (TPSA) is 145 Å². The summed E-state index contributed by atoms with van der Waals surface area (Å²) in [5.41, 5.74) is -2.06. The van der Waals surface area contributed by atoms with Crippen LogP contribution in [-0.4, -0.2) is 69.8 Å². The third kappa shape index (κ3) is 5.73. The molecule has 0 aromatic rings. The van der Waals surface area contributed by atoms with Gasteiger partial charge < -0.3 is 26.0 Å². The molecule has 5 atom stereocenters. The average Bonchev–Trinajstić information content (AvgIpc) is 3.70. The second-order valence-corrected chi connectivity index (χ2v) is 11.8. The van der Waals surface area contributed by atoms with E-state index in [-0.39, 0.29) is 30.0 Å². The van der Waals surface area contributed by atoms with Crippen LogP contribution >= 0.6 is 0 Å². The molecule has 1 unspecified atom stereocenters. The molecular weight excluding hydrogens is 464 g/mol. The number of aliphatic carboxylic acids is 1. The third-order valence-electron chi connectivity index (χ3n) is 7.49. The summed E-state index contributed by atoms with van der Waals surface area (Å²) in [5, 5.41) is 17.8. The van der Waals surface area contributed by atoms with Gasteiger partial charge in [-0.1, -0.05) is 40.7 Å². The number of nitrogens with zero attached hydrogens (tertiary/aromatic N) is 1. The summed E-state index contributed by atoms with van der Waals surface area (Å²) < 4.78 is 0. The summed E-state index contributed by atoms with van der Waals surface area (Å²) in [4.78, 5) is 65.5. The van der Waals surface area contributed by atoms with Crippen LogP contribution < -0.4 is 16.0 Å². The highest BCUT2D eigenvalue weighted by Crippen LogP contribution is 2.45. The molecule has 0 aromatic heterocycles. The van der Waals surface area contributed by atoms with E-state index >= 15 is 0 Å². The summed E-state index contributed by atoms with van der Waals surface area (Å²) in [7, 11) is 0. The Bertz CT molecular complexity index is 937. The first-order valence-electron chi connectivity index (χ1n) is 12.8. The van der Waals surface area contributed by atoms with Gasteiger partial charge in [-0.05, 0) is 43.4 Å². The molecule has 4 N–H and O–H groups in total. The Labute approximate surface area is 212 Å². The van der Waals surface area contributed by atoms with Crippen LogP contribution in [0.15, 0.2) is 12.7 Å². The Balaban J connectivity index is 1.71. The van der Waals surface area contributed by atoms with Crippen molar-refractivity contribution in [3.8, 4) is 0 Å². The number of Topliss-reactive ketones (excluding diaryl/α,β-unsaturated/α-hetero) is 1. The number of hydrogen-bond donors (Lipinski definition) is 4. The maximum atomic E-state index is 13.7. The Morgan fingerprint density at radius 3 is 2.19 bits per heavy atom. The maximum absolute atomic E-state index is 13.7. The van der Waals surface area contributed by atoms with Crippen molar-refractivity contribution in [2.75, 3.05) is 6.54 Å². The van der Waals surface area contributed by atoms with Gasteiger partial charge in [-0.3, -0.25) is 14.4 Å². The standard InChI is InChI=1S/C26H40N4O6/c1-7-16-13-26(16,23(34)35)29-21(32)17-9-8-12-30(17)22(33)20(25(4,5)6)28-24(36)27-18(14(2)3)19(31)15-10-11-15/h7,14-18,20H,1,8-13H2,2-6H3,(H,29,32)(H,34,35)(H2,27,28,36)/t16?,17-,18-,20+,26+/m0/s1. The minimum Gasteiger partial charge on any atom is -0.479 e. The summed E-state index contributed by atoms with van der Waals surface area (Å²) >= 11 is 0. The summed E-state index contributed by atoms with van der Waals surface area (Å²) in [6, 6.07) is -3.02. The summed E-state index contributed by atoms with van der Waals surface area (Å²) in [6.07, 6.45) is 4.44. The van der Waals surface area contributed by atoms with Gasteiger partial charge in [0.05, 0.1) is 6.04 Å². The van der Waals surface area contributed by atoms with Crippen LogP contribution in [0.4, 0.5) is 4.79 Å². The van der Waals surface area contributed by atoms with Crippen molar-refractivity contribution < 1.29 is 29.1 Å². The highest BCUT2D eigenvalue weighted by molar-refractivity contribution is 5.97. The first-order valence-corrected chi connectivity index (χ1v) is 12.8. The van der Waals surface area contributed by atoms with Crippen molar-refractivity contribution in [3.63, 3.8) is 0 Å². The van der Waals surface area contributed by atoms with Gasteiger partial charge >= 0.3 is 12.0 Å². The van der Waals surface area contributed by atoms with E-state index in [1.54, 1.807) is 0 Å². The molecule has 2 aliphatic carbocycles. The van der Waals surface area contributed by atoms with E-state index < -0.39 is 52.9 Å². The van der Waals surface area contributed by atoms with Crippen molar-refractivity contribution >= 4 is 29.6 Å². The lowest BCUT2D eigenvalue weighted by atomic mass is 9.85. The fourth-order valence-electron chi connectivity index (χ4n) is 4.94. The SMILES string of the molecule is C=CC1C[C@]1(NC(=O)[C@@H]1CCCN1C(=O)[C@@H](NC(=O)N[C@H](C(=O)C1CC1)C(C)C)C(C)(C)C)C(=O)O. The number of ketones is 1. The van der Waals surface area contributed by atoms with Crippen LogP contribution in [-0.2, 0) is 19.2 Å². The normalized spacial score (nSPS) is 27.1. The molecule has 3 fully saturated rings. The van der Waals surface area contributed by atoms with Crippen LogP contribution in [0.2, 0.25) is 0 Å². The van der Waals surface area contributed by atoms with Crippen LogP contribution in [0.3, 0.4) is 0 Å². The van der Waals surface area contributed by atoms with E-state index in [4.69, 9.17) is 0 Å². The monoisotopic (exact) mass is 504 g/mol. The molecule has 0 aromatic carbocycles. The number of hydrogen-bond acceptors (Lipinski definition) is 5. The summed E-state index contributed by atoms with van der Waals surface area (Å²) in [6.45, 7) is 13.1. The Morgan fingerprint density at radius 2 is 1.72 bits per heavy atom. The number of carbonyl (C=O) groups is 5. The minimum atomic E-state index is -1.38. The highest BCUT2D eigenvalue weighted by Gasteiger charge is 2.61. The third-order valence-corrected chi connectivity index (χ3v) is 7.49. The maximum Gasteiger partial charge on any atom is 0.330 e. The molecule has 10 nitrogen and oxygen atoms in total. The van der Waals surface area contributed by atoms with Gasteiger partial charge in [-0.15, -0.1) is 6.58 Å². The molecule has 3 aliphatic rings. The molecule has 36 heavy (non-hydrogen) atoms. The van der Waals surface area contributed by atoms with Gasteiger partial charge in [0.1, 0.15) is 17.6 Å². The van der Waals surface area contributed by atoms with Gasteiger partial charge in [-0.25, -0.2) is 9.59 Å². The van der Waals surface area contributed by atoms with Crippen LogP contribution in [0, 0.1) is 23.2 Å². The molecule has 2 saturated carbocycles. The van der Waals surface area contributed by atoms with Gasteiger partial charge in [0.25, 0.3) is 0 Å². The molecule has 0 radical (unpaired) electrons. The number of likely N-dealkylation sites (tertiary alicyclic amines) is 1. The summed E-state index contributed by atoms with van der Waals surface area (Å²) in [5.74, 6) is -2.50. The number of carboxylic acid groups (broad SMARTS) is 1. The van der Waals surface area contributed by atoms with Crippen LogP contribution in [0.1, 0.15) is 66.7 Å². The van der Waals surface area contributed by atoms with E-state index in [9.17, 15) is 29.1 Å². The number of carboxylic acids is 1. The highest BCUT2D eigenvalue weighted by atomic mass is 16.4.